The molecule has 2 aromatic carbocycles. The van der Waals surface area contributed by atoms with Gasteiger partial charge in [0, 0.05) is 25.2 Å². The third-order valence-corrected chi connectivity index (χ3v) is 5.92. The first-order valence-electron chi connectivity index (χ1n) is 11.4. The van der Waals surface area contributed by atoms with Gasteiger partial charge in [-0.1, -0.05) is 35.9 Å². The van der Waals surface area contributed by atoms with Crippen molar-refractivity contribution in [2.75, 3.05) is 0 Å². The number of hydrogen-bond acceptors (Lipinski definition) is 9. The Morgan fingerprint density at radius 3 is 2.57 bits per heavy atom. The summed E-state index contributed by atoms with van der Waals surface area (Å²) in [7, 11) is 1.61. The number of oxazole rings is 1. The molecule has 1 aliphatic heterocycles. The van der Waals surface area contributed by atoms with Crippen LogP contribution >= 0.6 is 0 Å². The Bertz CT molecular complexity index is 1570. The summed E-state index contributed by atoms with van der Waals surface area (Å²) in [6, 6.07) is 13.9. The van der Waals surface area contributed by atoms with Crippen molar-refractivity contribution in [3.8, 4) is 0 Å². The Balaban J connectivity index is 1.21. The molecule has 37 heavy (non-hydrogen) atoms. The molecule has 0 unspecified atom stereocenters. The number of quaternary nitrogens is 1. The largest absolute Gasteiger partial charge is 0.419 e. The monoisotopic (exact) mass is 502 g/mol. The molecule has 2 aromatic heterocycles. The Morgan fingerprint density at radius 1 is 1.08 bits per heavy atom. The van der Waals surface area contributed by atoms with Crippen molar-refractivity contribution in [3.63, 3.8) is 0 Å². The van der Waals surface area contributed by atoms with Gasteiger partial charge in [0.25, 0.3) is 11.8 Å². The van der Waals surface area contributed by atoms with Crippen LogP contribution in [0, 0.1) is 0 Å². The minimum Gasteiger partial charge on any atom is -0.408 e. The number of nitrogens with two attached hydrogens (primary N) is 1. The van der Waals surface area contributed by atoms with Crippen LogP contribution in [0.3, 0.4) is 0 Å². The Morgan fingerprint density at radius 2 is 1.84 bits per heavy atom. The van der Waals surface area contributed by atoms with Gasteiger partial charge >= 0.3 is 5.76 Å². The molecule has 2 amide bonds. The molecule has 4 aromatic rings. The summed E-state index contributed by atoms with van der Waals surface area (Å²) in [5.74, 6) is -0.638. The highest BCUT2D eigenvalue weighted by Crippen LogP contribution is 2.16. The molecule has 1 atom stereocenters. The van der Waals surface area contributed by atoms with Crippen molar-refractivity contribution in [2.45, 2.75) is 19.5 Å². The average Bonchev–Trinajstić information content (AvgIpc) is 3.56. The van der Waals surface area contributed by atoms with Gasteiger partial charge in [0.1, 0.15) is 17.7 Å². The normalized spacial score (nSPS) is 13.6. The minimum absolute atomic E-state index is 0.0594. The summed E-state index contributed by atoms with van der Waals surface area (Å²) in [5, 5.41) is 9.83. The lowest BCUT2D eigenvalue weighted by molar-refractivity contribution is -0.713. The van der Waals surface area contributed by atoms with Gasteiger partial charge in [0.15, 0.2) is 5.58 Å². The Labute approximate surface area is 209 Å². The number of amides is 2. The fourth-order valence-corrected chi connectivity index (χ4v) is 3.82. The SMILES string of the molecule is C[C@H](NC(=O)c1cc(C(=O)NCc2ccc3oc(=O)n(C)c3c2)ncn1)c1ccc(C2=N[NH2+]NN2)cc1. The summed E-state index contributed by atoms with van der Waals surface area (Å²) < 4.78 is 6.51. The van der Waals surface area contributed by atoms with Crippen molar-refractivity contribution >= 4 is 28.7 Å². The van der Waals surface area contributed by atoms with E-state index in [0.29, 0.717) is 16.9 Å². The molecule has 0 bridgehead atoms. The molecule has 0 saturated heterocycles. The van der Waals surface area contributed by atoms with Crippen molar-refractivity contribution in [2.24, 2.45) is 12.1 Å². The van der Waals surface area contributed by atoms with E-state index in [-0.39, 0.29) is 24.0 Å². The number of fused-ring (bicyclic) bond motifs is 1. The van der Waals surface area contributed by atoms with E-state index in [1.54, 1.807) is 30.8 Å². The molecule has 5 rings (SSSR count). The Hall–Kier alpha value is -4.88. The number of amidine groups is 1. The van der Waals surface area contributed by atoms with Crippen LogP contribution in [0.5, 0.6) is 0 Å². The molecule has 13 heteroatoms. The lowest BCUT2D eigenvalue weighted by Crippen LogP contribution is -2.87. The first kappa shape index (κ1) is 23.8. The van der Waals surface area contributed by atoms with Crippen LogP contribution in [0.1, 0.15) is 50.6 Å². The summed E-state index contributed by atoms with van der Waals surface area (Å²) >= 11 is 0. The lowest BCUT2D eigenvalue weighted by atomic mass is 10.1. The molecular weight excluding hydrogens is 478 g/mol. The predicted molar refractivity (Wildman–Crippen MR) is 132 cm³/mol. The highest BCUT2D eigenvalue weighted by Gasteiger charge is 2.17. The van der Waals surface area contributed by atoms with Gasteiger partial charge in [0.2, 0.25) is 5.84 Å². The van der Waals surface area contributed by atoms with Crippen LogP contribution in [0.25, 0.3) is 11.1 Å². The minimum atomic E-state index is -0.462. The van der Waals surface area contributed by atoms with E-state index in [4.69, 9.17) is 4.42 Å². The van der Waals surface area contributed by atoms with Crippen molar-refractivity contribution in [1.82, 2.24) is 36.1 Å². The number of benzene rings is 2. The maximum Gasteiger partial charge on any atom is 0.419 e. The zero-order chi connectivity index (χ0) is 25.9. The van der Waals surface area contributed by atoms with Crippen LogP contribution < -0.4 is 32.9 Å². The van der Waals surface area contributed by atoms with Crippen molar-refractivity contribution in [1.29, 1.82) is 0 Å². The molecule has 188 valence electrons. The summed E-state index contributed by atoms with van der Waals surface area (Å²) in [6.45, 7) is 2.05. The van der Waals surface area contributed by atoms with Crippen molar-refractivity contribution in [3.05, 3.63) is 93.5 Å². The molecule has 0 fully saturated rings. The second-order valence-corrected chi connectivity index (χ2v) is 8.39. The molecule has 1 aliphatic rings. The van der Waals surface area contributed by atoms with Gasteiger partial charge < -0.3 is 15.1 Å². The summed E-state index contributed by atoms with van der Waals surface area (Å²) in [6.07, 6.45) is 1.18. The third-order valence-electron chi connectivity index (χ3n) is 5.92. The number of hydrazine groups is 1. The number of nitrogens with one attached hydrogen (secondary N) is 4. The molecule has 6 N–H and O–H groups in total. The van der Waals surface area contributed by atoms with Crippen molar-refractivity contribution < 1.29 is 19.5 Å². The highest BCUT2D eigenvalue weighted by molar-refractivity contribution is 5.98. The van der Waals surface area contributed by atoms with E-state index in [1.165, 1.54) is 17.0 Å². The smallest absolute Gasteiger partial charge is 0.408 e. The maximum atomic E-state index is 12.8. The molecule has 3 heterocycles. The first-order chi connectivity index (χ1) is 17.9. The van der Waals surface area contributed by atoms with Crippen LogP contribution in [-0.4, -0.2) is 32.2 Å². The van der Waals surface area contributed by atoms with E-state index in [0.717, 1.165) is 16.7 Å². The van der Waals surface area contributed by atoms with E-state index < -0.39 is 17.6 Å². The van der Waals surface area contributed by atoms with Crippen LogP contribution in [-0.2, 0) is 13.6 Å². The number of carbonyl (C=O) groups excluding carboxylic acids is 2. The van der Waals surface area contributed by atoms with Crippen LogP contribution in [0.4, 0.5) is 0 Å². The number of rotatable bonds is 7. The quantitative estimate of drug-likeness (QED) is 0.212. The lowest BCUT2D eigenvalue weighted by Gasteiger charge is -2.14. The number of aromatic nitrogens is 3. The molecule has 0 spiro atoms. The molecule has 0 radical (unpaired) electrons. The fourth-order valence-electron chi connectivity index (χ4n) is 3.82. The maximum absolute atomic E-state index is 12.8. The second-order valence-electron chi connectivity index (χ2n) is 8.39. The fraction of sp³-hybridized carbons (Fsp3) is 0.167. The Kier molecular flexibility index (Phi) is 6.45. The predicted octanol–water partition coefficient (Wildman–Crippen LogP) is -0.410. The standard InChI is InChI=1S/C24H23N9O4/c1-13(15-4-6-16(7-5-15)21-29-31-32-30-21)28-23(35)18-10-17(26-12-27-18)22(34)25-11-14-3-8-20-19(9-14)33(2)24(36)37-20/h3-10,12-13,31-32H,11H2,1-2H3,(H,25,34)(H,28,35)(H,29,30)/p+1/t13-/m0/s1. The van der Waals surface area contributed by atoms with Gasteiger partial charge in [0.05, 0.1) is 11.6 Å². The van der Waals surface area contributed by atoms with Gasteiger partial charge in [-0.3, -0.25) is 19.6 Å². The van der Waals surface area contributed by atoms with Crippen LogP contribution in [0.2, 0.25) is 0 Å². The average molecular weight is 503 g/mol. The molecule has 13 nitrogen and oxygen atoms in total. The summed E-state index contributed by atoms with van der Waals surface area (Å²) in [4.78, 5) is 45.2. The zero-order valence-electron chi connectivity index (χ0n) is 20.0. The zero-order valence-corrected chi connectivity index (χ0v) is 20.0. The molecule has 0 saturated carbocycles. The third kappa shape index (κ3) is 5.07. The van der Waals surface area contributed by atoms with E-state index in [1.807, 2.05) is 31.2 Å². The topological polar surface area (TPSA) is 172 Å². The number of carbonyl (C=O) groups is 2. The van der Waals surface area contributed by atoms with E-state index >= 15 is 0 Å². The first-order valence-corrected chi connectivity index (χ1v) is 11.4. The van der Waals surface area contributed by atoms with E-state index in [2.05, 4.69) is 36.7 Å². The van der Waals surface area contributed by atoms with E-state index in [9.17, 15) is 14.4 Å². The second kappa shape index (κ2) is 10.0. The molecular formula is C24H24N9O4+. The van der Waals surface area contributed by atoms with Gasteiger partial charge in [-0.25, -0.2) is 14.8 Å². The number of hydrogen-bond donors (Lipinski definition) is 5. The summed E-state index contributed by atoms with van der Waals surface area (Å²) in [5.41, 5.74) is 11.1. The molecule has 0 aliphatic carbocycles. The van der Waals surface area contributed by atoms with Crippen LogP contribution in [0.15, 0.2) is 69.2 Å². The number of aryl methyl sites for hydroxylation is 1. The number of nitrogens with zero attached hydrogens (tertiary/aromatic N) is 4. The van der Waals surface area contributed by atoms with Gasteiger partial charge in [-0.15, -0.1) is 5.53 Å². The van der Waals surface area contributed by atoms with Gasteiger partial charge in [-0.05, 0) is 35.3 Å². The van der Waals surface area contributed by atoms with Gasteiger partial charge in [-0.2, -0.15) is 0 Å². The highest BCUT2D eigenvalue weighted by atomic mass is 16.4.